The van der Waals surface area contributed by atoms with Crippen LogP contribution in [0, 0.1) is 6.42 Å². The van der Waals surface area contributed by atoms with E-state index in [0.29, 0.717) is 6.47 Å². The Kier molecular flexibility index (Phi) is 16.2. The van der Waals surface area contributed by atoms with E-state index in [1.54, 1.807) is 0 Å². The Bertz CT molecular complexity index is 51.1. The first-order chi connectivity index (χ1) is 4.41. The predicted octanol–water partition coefficient (Wildman–Crippen LogP) is 1.76. The fourth-order valence-electron chi connectivity index (χ4n) is 0.898. The minimum Gasteiger partial charge on any atom is -0.665 e. The van der Waals surface area contributed by atoms with Crippen LogP contribution >= 0.6 is 0 Å². The van der Waals surface area contributed by atoms with Crippen molar-refractivity contribution in [2.24, 2.45) is 0 Å². The van der Waals surface area contributed by atoms with E-state index in [9.17, 15) is 0 Å². The van der Waals surface area contributed by atoms with Gasteiger partial charge in [0.2, 0.25) is 0 Å². The zero-order valence-electron chi connectivity index (χ0n) is 6.05. The average molecular weight is 217 g/mol. The standard InChI is InChI=1S/C6H11.CHO2.Y/c1-2-4-6-5-3-1;2-1-3;/h1H,2-6H2;(H,2,3);/q2*-1;. The Morgan fingerprint density at radius 3 is 1.70 bits per heavy atom. The molecule has 1 aliphatic carbocycles. The largest absolute Gasteiger partial charge is 0.665 e. The predicted molar refractivity (Wildman–Crippen MR) is 35.7 cm³/mol. The first-order valence-electron chi connectivity index (χ1n) is 3.24. The Balaban J connectivity index is 0. The van der Waals surface area contributed by atoms with Crippen molar-refractivity contribution in [1.82, 2.24) is 0 Å². The molecule has 57 valence electrons. The summed E-state index contributed by atoms with van der Waals surface area (Å²) in [7, 11) is 0. The molecule has 0 aliphatic heterocycles. The molecule has 0 spiro atoms. The van der Waals surface area contributed by atoms with Crippen molar-refractivity contribution in [2.45, 2.75) is 32.1 Å². The first-order valence-corrected chi connectivity index (χ1v) is 3.24. The average Bonchev–Trinajstić information content (AvgIpc) is 1.93. The van der Waals surface area contributed by atoms with Crippen molar-refractivity contribution < 1.29 is 42.6 Å². The molecule has 0 aromatic rings. The fraction of sp³-hybridized carbons (Fsp3) is 0.714. The van der Waals surface area contributed by atoms with Crippen LogP contribution in [0.5, 0.6) is 0 Å². The van der Waals surface area contributed by atoms with E-state index in [4.69, 9.17) is 9.90 Å². The van der Waals surface area contributed by atoms with Gasteiger partial charge in [0.25, 0.3) is 0 Å². The molecule has 2 nitrogen and oxygen atoms in total. The Labute approximate surface area is 87.3 Å². The maximum absolute atomic E-state index is 8.24. The van der Waals surface area contributed by atoms with Crippen molar-refractivity contribution >= 4 is 6.47 Å². The summed E-state index contributed by atoms with van der Waals surface area (Å²) in [6.07, 6.45) is 9.50. The third-order valence-corrected chi connectivity index (χ3v) is 1.32. The van der Waals surface area contributed by atoms with Gasteiger partial charge in [0.05, 0.1) is 0 Å². The summed E-state index contributed by atoms with van der Waals surface area (Å²) >= 11 is 0. The summed E-state index contributed by atoms with van der Waals surface area (Å²) in [5.41, 5.74) is 0. The van der Waals surface area contributed by atoms with Crippen molar-refractivity contribution in [3.05, 3.63) is 6.42 Å². The molecule has 1 N–H and O–H groups in total. The van der Waals surface area contributed by atoms with Crippen LogP contribution in [0.4, 0.5) is 0 Å². The van der Waals surface area contributed by atoms with Crippen LogP contribution in [0.2, 0.25) is 0 Å². The van der Waals surface area contributed by atoms with Crippen molar-refractivity contribution in [3.63, 3.8) is 0 Å². The second kappa shape index (κ2) is 12.3. The van der Waals surface area contributed by atoms with Crippen molar-refractivity contribution in [1.29, 1.82) is 0 Å². The molecule has 1 aliphatic rings. The summed E-state index contributed by atoms with van der Waals surface area (Å²) < 4.78 is 0. The number of aliphatic hydroxyl groups excluding tert-OH is 1. The van der Waals surface area contributed by atoms with Gasteiger partial charge >= 0.3 is 0 Å². The molecule has 0 amide bonds. The van der Waals surface area contributed by atoms with Crippen LogP contribution < -0.4 is 0 Å². The van der Waals surface area contributed by atoms with Crippen LogP contribution in [0.15, 0.2) is 0 Å². The molecule has 1 radical (unpaired) electrons. The van der Waals surface area contributed by atoms with Crippen LogP contribution in [-0.4, -0.2) is 11.6 Å². The molecule has 3 heteroatoms. The first kappa shape index (κ1) is 13.2. The monoisotopic (exact) mass is 217 g/mol. The molecule has 0 unspecified atom stereocenters. The van der Waals surface area contributed by atoms with Gasteiger partial charge < -0.3 is 16.3 Å². The van der Waals surface area contributed by atoms with E-state index in [-0.39, 0.29) is 32.7 Å². The molecule has 1 fully saturated rings. The molecular formula is C7H12O2Y-2. The van der Waals surface area contributed by atoms with Crippen molar-refractivity contribution in [2.75, 3.05) is 0 Å². The number of hydrogen-bond acceptors (Lipinski definition) is 1. The van der Waals surface area contributed by atoms with Gasteiger partial charge in [-0.15, -0.1) is 0 Å². The van der Waals surface area contributed by atoms with Crippen LogP contribution in [0.3, 0.4) is 0 Å². The maximum Gasteiger partial charge on any atom is 0 e. The van der Waals surface area contributed by atoms with E-state index in [0.717, 1.165) is 0 Å². The molecule has 1 rings (SSSR count). The van der Waals surface area contributed by atoms with Gasteiger partial charge in [-0.1, -0.05) is 25.7 Å². The van der Waals surface area contributed by atoms with Crippen LogP contribution in [-0.2, 0) is 37.5 Å². The van der Waals surface area contributed by atoms with Gasteiger partial charge in [-0.2, -0.15) is 12.8 Å². The van der Waals surface area contributed by atoms with E-state index >= 15 is 0 Å². The van der Waals surface area contributed by atoms with E-state index < -0.39 is 0 Å². The molecule has 0 atom stereocenters. The molecule has 10 heavy (non-hydrogen) atoms. The molecule has 1 saturated carbocycles. The molecule has 0 aromatic carbocycles. The summed E-state index contributed by atoms with van der Waals surface area (Å²) in [5.74, 6) is 0. The summed E-state index contributed by atoms with van der Waals surface area (Å²) in [6, 6.07) is 0. The quantitative estimate of drug-likeness (QED) is 0.627. The fourth-order valence-corrected chi connectivity index (χ4v) is 0.898. The minimum atomic E-state index is 0. The second-order valence-electron chi connectivity index (χ2n) is 2.02. The van der Waals surface area contributed by atoms with Gasteiger partial charge in [0, 0.05) is 32.7 Å². The van der Waals surface area contributed by atoms with Gasteiger partial charge in [-0.05, 0) is 0 Å². The van der Waals surface area contributed by atoms with Gasteiger partial charge in [0.1, 0.15) is 0 Å². The third kappa shape index (κ3) is 11.4. The Hall–Kier alpha value is 0.574. The van der Waals surface area contributed by atoms with Gasteiger partial charge in [0.15, 0.2) is 0 Å². The van der Waals surface area contributed by atoms with Gasteiger partial charge in [-0.3, -0.25) is 0 Å². The zero-order chi connectivity index (χ0) is 6.95. The molecular weight excluding hydrogens is 205 g/mol. The van der Waals surface area contributed by atoms with Gasteiger partial charge in [-0.25, -0.2) is 0 Å². The van der Waals surface area contributed by atoms with E-state index in [1.807, 2.05) is 0 Å². The molecule has 0 bridgehead atoms. The number of hydrogen-bond donors (Lipinski definition) is 1. The summed E-state index contributed by atoms with van der Waals surface area (Å²) in [4.78, 5) is 8.24. The minimum absolute atomic E-state index is 0. The maximum atomic E-state index is 8.24. The second-order valence-corrected chi connectivity index (χ2v) is 2.02. The van der Waals surface area contributed by atoms with Crippen LogP contribution in [0.1, 0.15) is 32.1 Å². The Morgan fingerprint density at radius 1 is 1.20 bits per heavy atom. The SMILES string of the molecule is O=[C-]O.[CH-]1CCCCC1.[Y]. The van der Waals surface area contributed by atoms with Crippen LogP contribution in [0.25, 0.3) is 0 Å². The van der Waals surface area contributed by atoms with Crippen molar-refractivity contribution in [3.8, 4) is 0 Å². The molecule has 0 aromatic heterocycles. The van der Waals surface area contributed by atoms with E-state index in [1.165, 1.54) is 32.1 Å². The summed E-state index contributed by atoms with van der Waals surface area (Å²) in [6.45, 7) is 0.500. The normalized spacial score (nSPS) is 15.6. The number of rotatable bonds is 0. The summed E-state index contributed by atoms with van der Waals surface area (Å²) in [5, 5.41) is 6.76. The Morgan fingerprint density at radius 2 is 1.60 bits per heavy atom. The topological polar surface area (TPSA) is 37.3 Å². The molecule has 0 heterocycles. The smallest absolute Gasteiger partial charge is 0 e. The molecule has 0 saturated heterocycles. The zero-order valence-corrected chi connectivity index (χ0v) is 8.88. The van der Waals surface area contributed by atoms with E-state index in [2.05, 4.69) is 6.42 Å². The third-order valence-electron chi connectivity index (χ3n) is 1.32.